The fourth-order valence-electron chi connectivity index (χ4n) is 1.70. The first-order valence-corrected chi connectivity index (χ1v) is 12.0. The lowest BCUT2D eigenvalue weighted by molar-refractivity contribution is 0.102. The van der Waals surface area contributed by atoms with Gasteiger partial charge in [-0.15, -0.1) is 21.5 Å². The summed E-state index contributed by atoms with van der Waals surface area (Å²) in [5, 5.41) is 8.17. The molecule has 7 nitrogen and oxygen atoms in total. The summed E-state index contributed by atoms with van der Waals surface area (Å²) in [5.74, 6) is 1.41. The third kappa shape index (κ3) is 6.55. The predicted octanol–water partition coefficient (Wildman–Crippen LogP) is 2.06. The van der Waals surface area contributed by atoms with E-state index < -0.39 is 10.0 Å². The van der Waals surface area contributed by atoms with E-state index in [1.54, 1.807) is 17.8 Å². The monoisotopic (exact) mass is 407 g/mol. The van der Waals surface area contributed by atoms with Crippen LogP contribution in [0.25, 0.3) is 0 Å². The summed E-state index contributed by atoms with van der Waals surface area (Å²) in [4.78, 5) is 13.8. The van der Waals surface area contributed by atoms with E-state index in [9.17, 15) is 13.2 Å². The number of Topliss-reactive ketones (excluding diaryl/α,β-unsaturated/α-hetero) is 1. The third-order valence-corrected chi connectivity index (χ3v) is 5.98. The van der Waals surface area contributed by atoms with Crippen molar-refractivity contribution in [3.8, 4) is 0 Å². The maximum absolute atomic E-state index is 12.2. The molecule has 0 bridgehead atoms. The number of hydrogen-bond acceptors (Lipinski definition) is 9. The fourth-order valence-corrected chi connectivity index (χ4v) is 4.23. The summed E-state index contributed by atoms with van der Waals surface area (Å²) in [7, 11) is -3.19. The van der Waals surface area contributed by atoms with Gasteiger partial charge in [0.2, 0.25) is 15.9 Å². The zero-order valence-corrected chi connectivity index (χ0v) is 16.4. The molecule has 0 amide bonds. The molecule has 2 aromatic rings. The minimum Gasteiger partial charge on any atom is -0.415 e. The van der Waals surface area contributed by atoms with Crippen molar-refractivity contribution >= 4 is 50.7 Å². The average Bonchev–Trinajstić information content (AvgIpc) is 3.13. The summed E-state index contributed by atoms with van der Waals surface area (Å²) in [6.45, 7) is 0.321. The largest absolute Gasteiger partial charge is 0.415 e. The van der Waals surface area contributed by atoms with Crippen LogP contribution < -0.4 is 4.72 Å². The van der Waals surface area contributed by atoms with Crippen LogP contribution in [0, 0.1) is 0 Å². The molecule has 0 spiro atoms. The van der Waals surface area contributed by atoms with E-state index in [4.69, 9.17) is 4.42 Å². The maximum Gasteiger partial charge on any atom is 0.277 e. The molecule has 0 aliphatic rings. The first-order chi connectivity index (χ1) is 11.4. The molecular formula is C13H17N3O4S4. The summed E-state index contributed by atoms with van der Waals surface area (Å²) >= 11 is 4.18. The van der Waals surface area contributed by atoms with Crippen molar-refractivity contribution in [3.63, 3.8) is 0 Å². The van der Waals surface area contributed by atoms with Gasteiger partial charge in [0.05, 0.1) is 22.6 Å². The Morgan fingerprint density at radius 1 is 1.38 bits per heavy atom. The Labute approximate surface area is 153 Å². The summed E-state index contributed by atoms with van der Waals surface area (Å²) < 4.78 is 29.9. The molecule has 0 aliphatic carbocycles. The van der Waals surface area contributed by atoms with Gasteiger partial charge in [0.1, 0.15) is 0 Å². The van der Waals surface area contributed by atoms with Crippen molar-refractivity contribution in [2.45, 2.75) is 17.4 Å². The summed E-state index contributed by atoms with van der Waals surface area (Å²) in [5.41, 5.74) is 0. The number of hydrogen-bond donors (Lipinski definition) is 1. The molecule has 2 rings (SSSR count). The smallest absolute Gasteiger partial charge is 0.277 e. The molecule has 0 unspecified atom stereocenters. The van der Waals surface area contributed by atoms with E-state index in [0.29, 0.717) is 34.7 Å². The normalized spacial score (nSPS) is 11.8. The molecule has 132 valence electrons. The number of ketones is 1. The lowest BCUT2D eigenvalue weighted by Crippen LogP contribution is -2.23. The molecule has 0 saturated heterocycles. The number of thioether (sulfide) groups is 2. The highest BCUT2D eigenvalue weighted by Crippen LogP contribution is 2.22. The zero-order valence-electron chi connectivity index (χ0n) is 13.1. The van der Waals surface area contributed by atoms with E-state index in [0.717, 1.165) is 11.1 Å². The molecular weight excluding hydrogens is 390 g/mol. The van der Waals surface area contributed by atoms with Gasteiger partial charge in [-0.05, 0) is 24.8 Å². The quantitative estimate of drug-likeness (QED) is 0.472. The first kappa shape index (κ1) is 19.4. The van der Waals surface area contributed by atoms with Gasteiger partial charge in [0, 0.05) is 11.4 Å². The number of sulfonamides is 1. The Hall–Kier alpha value is -0.880. The Morgan fingerprint density at radius 2 is 2.17 bits per heavy atom. The number of rotatable bonds is 10. The van der Waals surface area contributed by atoms with Crippen molar-refractivity contribution in [1.29, 1.82) is 0 Å². The first-order valence-electron chi connectivity index (χ1n) is 6.88. The second-order valence-electron chi connectivity index (χ2n) is 4.79. The fraction of sp³-hybridized carbons (Fsp3) is 0.462. The van der Waals surface area contributed by atoms with Gasteiger partial charge < -0.3 is 4.42 Å². The Bertz CT molecular complexity index is 785. The highest BCUT2D eigenvalue weighted by Gasteiger charge is 2.13. The second kappa shape index (κ2) is 8.99. The number of nitrogens with zero attached hydrogens (tertiary/aromatic N) is 2. The van der Waals surface area contributed by atoms with E-state index in [1.165, 1.54) is 23.1 Å². The number of carbonyl (C=O) groups excluding carboxylic acids is 1. The van der Waals surface area contributed by atoms with E-state index in [1.807, 2.05) is 12.3 Å². The van der Waals surface area contributed by atoms with Crippen LogP contribution in [0.5, 0.6) is 0 Å². The molecule has 2 aromatic heterocycles. The predicted molar refractivity (Wildman–Crippen MR) is 97.4 cm³/mol. The molecule has 2 heterocycles. The minimum atomic E-state index is -3.19. The average molecular weight is 408 g/mol. The molecule has 0 aliphatic heterocycles. The Kier molecular flexibility index (Phi) is 7.29. The van der Waals surface area contributed by atoms with Crippen molar-refractivity contribution in [3.05, 3.63) is 27.8 Å². The van der Waals surface area contributed by atoms with Crippen LogP contribution in [0.2, 0.25) is 0 Å². The number of aromatic nitrogens is 2. The lowest BCUT2D eigenvalue weighted by Gasteiger charge is -1.99. The molecule has 0 radical (unpaired) electrons. The Morgan fingerprint density at radius 3 is 2.88 bits per heavy atom. The van der Waals surface area contributed by atoms with E-state index in [2.05, 4.69) is 14.9 Å². The maximum atomic E-state index is 12.2. The molecule has 0 aromatic carbocycles. The van der Waals surface area contributed by atoms with Crippen LogP contribution in [-0.4, -0.2) is 49.2 Å². The van der Waals surface area contributed by atoms with Gasteiger partial charge in [0.25, 0.3) is 5.22 Å². The second-order valence-corrected chi connectivity index (χ2v) is 9.58. The standard InChI is InChI=1S/C13H17N3O4S4/c1-21-8-12-15-16-13(20-12)22-7-10(17)11-4-3-9(23-11)5-6-14-24(2,18)19/h3-4,14H,5-8H2,1-2H3. The van der Waals surface area contributed by atoms with Crippen LogP contribution in [0.15, 0.2) is 21.8 Å². The molecule has 0 saturated carbocycles. The molecule has 0 fully saturated rings. The van der Waals surface area contributed by atoms with Crippen LogP contribution in [0.3, 0.4) is 0 Å². The van der Waals surface area contributed by atoms with Crippen molar-refractivity contribution in [2.75, 3.05) is 24.8 Å². The van der Waals surface area contributed by atoms with Crippen molar-refractivity contribution < 1.29 is 17.6 Å². The highest BCUT2D eigenvalue weighted by molar-refractivity contribution is 7.99. The van der Waals surface area contributed by atoms with Gasteiger partial charge in [0.15, 0.2) is 5.78 Å². The zero-order chi connectivity index (χ0) is 17.6. The molecule has 1 N–H and O–H groups in total. The lowest BCUT2D eigenvalue weighted by atomic mass is 10.3. The number of thiophene rings is 1. The summed E-state index contributed by atoms with van der Waals surface area (Å²) in [6, 6.07) is 3.60. The van der Waals surface area contributed by atoms with Gasteiger partial charge in [-0.2, -0.15) is 11.8 Å². The van der Waals surface area contributed by atoms with Crippen molar-refractivity contribution in [1.82, 2.24) is 14.9 Å². The van der Waals surface area contributed by atoms with Gasteiger partial charge in [-0.25, -0.2) is 13.1 Å². The van der Waals surface area contributed by atoms with Crippen LogP contribution >= 0.6 is 34.9 Å². The third-order valence-electron chi connectivity index (χ3n) is 2.71. The summed E-state index contributed by atoms with van der Waals surface area (Å²) in [6.07, 6.45) is 3.62. The molecule has 0 atom stereocenters. The van der Waals surface area contributed by atoms with Crippen molar-refractivity contribution in [2.24, 2.45) is 0 Å². The van der Waals surface area contributed by atoms with Gasteiger partial charge >= 0.3 is 0 Å². The Balaban J connectivity index is 1.82. The van der Waals surface area contributed by atoms with E-state index >= 15 is 0 Å². The number of carbonyl (C=O) groups is 1. The topological polar surface area (TPSA) is 102 Å². The molecule has 24 heavy (non-hydrogen) atoms. The van der Waals surface area contributed by atoms with Crippen LogP contribution in [-0.2, 0) is 22.2 Å². The van der Waals surface area contributed by atoms with Crippen LogP contribution in [0.1, 0.15) is 20.4 Å². The van der Waals surface area contributed by atoms with Gasteiger partial charge in [-0.1, -0.05) is 11.8 Å². The molecule has 11 heteroatoms. The minimum absolute atomic E-state index is 0.0167. The van der Waals surface area contributed by atoms with Crippen LogP contribution in [0.4, 0.5) is 0 Å². The van der Waals surface area contributed by atoms with E-state index in [-0.39, 0.29) is 11.5 Å². The number of nitrogens with one attached hydrogen (secondary N) is 1. The SMILES string of the molecule is CSCc1nnc(SCC(=O)c2ccc(CCNS(C)(=O)=O)s2)o1. The van der Waals surface area contributed by atoms with Gasteiger partial charge in [-0.3, -0.25) is 4.79 Å². The highest BCUT2D eigenvalue weighted by atomic mass is 32.2.